The summed E-state index contributed by atoms with van der Waals surface area (Å²) >= 11 is 5.06. The molecule has 0 fully saturated rings. The number of rotatable bonds is 7. The lowest BCUT2D eigenvalue weighted by Crippen LogP contribution is -2.41. The fourth-order valence-corrected chi connectivity index (χ4v) is 3.02. The molecule has 1 heterocycles. The molecule has 5 nitrogen and oxygen atoms in total. The summed E-state index contributed by atoms with van der Waals surface area (Å²) in [7, 11) is 0. The molecule has 7 heteroatoms. The third-order valence-electron chi connectivity index (χ3n) is 3.11. The number of guanidine groups is 1. The van der Waals surface area contributed by atoms with Crippen LogP contribution in [0.4, 0.5) is 0 Å². The van der Waals surface area contributed by atoms with Crippen LogP contribution in [0.2, 0.25) is 0 Å². The number of nitrogens with one attached hydrogen (secondary N) is 3. The van der Waals surface area contributed by atoms with E-state index in [0.717, 1.165) is 17.0 Å². The van der Waals surface area contributed by atoms with Crippen LogP contribution in [0.15, 0.2) is 51.2 Å². The van der Waals surface area contributed by atoms with Crippen molar-refractivity contribution >= 4 is 39.1 Å². The standard InChI is InChI=1S/C17H21BrN4OS/c1-2-19-17(22-12-15-7-4-10-24-15)21-9-8-20-16(23)13-5-3-6-14(18)11-13/h3-7,10-11H,2,8-9,12H2,1H3,(H,20,23)(H2,19,21,22). The molecule has 1 amide bonds. The number of carbonyl (C=O) groups is 1. The van der Waals surface area contributed by atoms with Gasteiger partial charge in [0.05, 0.1) is 6.54 Å². The van der Waals surface area contributed by atoms with Crippen molar-refractivity contribution < 1.29 is 4.79 Å². The number of hydrogen-bond acceptors (Lipinski definition) is 3. The minimum absolute atomic E-state index is 0.0846. The second-order valence-electron chi connectivity index (χ2n) is 4.97. The Morgan fingerprint density at radius 2 is 2.00 bits per heavy atom. The minimum atomic E-state index is -0.0846. The summed E-state index contributed by atoms with van der Waals surface area (Å²) in [6.07, 6.45) is 0. The Labute approximate surface area is 154 Å². The van der Waals surface area contributed by atoms with Crippen molar-refractivity contribution in [2.75, 3.05) is 19.6 Å². The molecule has 0 spiro atoms. The van der Waals surface area contributed by atoms with E-state index >= 15 is 0 Å². The molecule has 0 saturated carbocycles. The number of amides is 1. The highest BCUT2D eigenvalue weighted by molar-refractivity contribution is 9.10. The number of halogens is 1. The second kappa shape index (κ2) is 10.1. The molecule has 0 radical (unpaired) electrons. The number of aliphatic imine (C=N–C) groups is 1. The summed E-state index contributed by atoms with van der Waals surface area (Å²) in [5.41, 5.74) is 0.641. The van der Waals surface area contributed by atoms with Crippen LogP contribution in [0.1, 0.15) is 22.2 Å². The van der Waals surface area contributed by atoms with Crippen LogP contribution < -0.4 is 16.0 Å². The SMILES string of the molecule is CCNC(=NCc1cccs1)NCCNC(=O)c1cccc(Br)c1. The van der Waals surface area contributed by atoms with Gasteiger partial charge in [-0.3, -0.25) is 4.79 Å². The number of hydrogen-bond donors (Lipinski definition) is 3. The van der Waals surface area contributed by atoms with Crippen LogP contribution in [0.3, 0.4) is 0 Å². The zero-order valence-corrected chi connectivity index (χ0v) is 15.9. The molecule has 0 bridgehead atoms. The number of thiophene rings is 1. The summed E-state index contributed by atoms with van der Waals surface area (Å²) < 4.78 is 0.892. The Kier molecular flexibility index (Phi) is 7.77. The quantitative estimate of drug-likeness (QED) is 0.374. The third kappa shape index (κ3) is 6.33. The molecule has 128 valence electrons. The van der Waals surface area contributed by atoms with E-state index in [0.29, 0.717) is 25.2 Å². The summed E-state index contributed by atoms with van der Waals surface area (Å²) in [4.78, 5) is 17.8. The van der Waals surface area contributed by atoms with Crippen molar-refractivity contribution in [2.24, 2.45) is 4.99 Å². The smallest absolute Gasteiger partial charge is 0.251 e. The van der Waals surface area contributed by atoms with Gasteiger partial charge in [-0.1, -0.05) is 28.1 Å². The van der Waals surface area contributed by atoms with Crippen LogP contribution in [-0.2, 0) is 6.54 Å². The molecule has 0 aliphatic heterocycles. The van der Waals surface area contributed by atoms with E-state index in [-0.39, 0.29) is 5.91 Å². The molecule has 0 saturated heterocycles. The van der Waals surface area contributed by atoms with Gasteiger partial charge in [-0.2, -0.15) is 0 Å². The second-order valence-corrected chi connectivity index (χ2v) is 6.92. The monoisotopic (exact) mass is 408 g/mol. The molecule has 24 heavy (non-hydrogen) atoms. The first-order chi connectivity index (χ1) is 11.7. The Morgan fingerprint density at radius 1 is 1.17 bits per heavy atom. The summed E-state index contributed by atoms with van der Waals surface area (Å²) in [5, 5.41) is 11.4. The van der Waals surface area contributed by atoms with E-state index in [1.165, 1.54) is 4.88 Å². The van der Waals surface area contributed by atoms with Gasteiger partial charge in [0.25, 0.3) is 5.91 Å². The predicted octanol–water partition coefficient (Wildman–Crippen LogP) is 3.00. The molecular weight excluding hydrogens is 388 g/mol. The van der Waals surface area contributed by atoms with Crippen LogP contribution in [0, 0.1) is 0 Å². The maximum absolute atomic E-state index is 12.0. The minimum Gasteiger partial charge on any atom is -0.357 e. The normalized spacial score (nSPS) is 11.2. The fourth-order valence-electron chi connectivity index (χ4n) is 1.99. The van der Waals surface area contributed by atoms with Crippen molar-refractivity contribution in [2.45, 2.75) is 13.5 Å². The Bertz CT molecular complexity index is 673. The van der Waals surface area contributed by atoms with Crippen molar-refractivity contribution in [3.63, 3.8) is 0 Å². The Hall–Kier alpha value is -1.86. The first kappa shape index (κ1) is 18.5. The topological polar surface area (TPSA) is 65.5 Å². The van der Waals surface area contributed by atoms with Gasteiger partial charge in [0.1, 0.15) is 0 Å². The lowest BCUT2D eigenvalue weighted by Gasteiger charge is -2.11. The van der Waals surface area contributed by atoms with Gasteiger partial charge in [0.15, 0.2) is 5.96 Å². The van der Waals surface area contributed by atoms with Gasteiger partial charge < -0.3 is 16.0 Å². The van der Waals surface area contributed by atoms with E-state index < -0.39 is 0 Å². The first-order valence-electron chi connectivity index (χ1n) is 7.77. The van der Waals surface area contributed by atoms with Crippen LogP contribution in [0.5, 0.6) is 0 Å². The highest BCUT2D eigenvalue weighted by Gasteiger charge is 2.05. The van der Waals surface area contributed by atoms with Gasteiger partial charge in [0, 0.05) is 34.5 Å². The lowest BCUT2D eigenvalue weighted by atomic mass is 10.2. The molecular formula is C17H21BrN4OS. The third-order valence-corrected chi connectivity index (χ3v) is 4.46. The fraction of sp³-hybridized carbons (Fsp3) is 0.294. The summed E-state index contributed by atoms with van der Waals surface area (Å²) in [5.74, 6) is 0.668. The highest BCUT2D eigenvalue weighted by Crippen LogP contribution is 2.11. The molecule has 1 aromatic heterocycles. The zero-order valence-electron chi connectivity index (χ0n) is 13.5. The van der Waals surface area contributed by atoms with Crippen LogP contribution in [0.25, 0.3) is 0 Å². The molecule has 3 N–H and O–H groups in total. The van der Waals surface area contributed by atoms with Crippen LogP contribution in [-0.4, -0.2) is 31.5 Å². The van der Waals surface area contributed by atoms with Gasteiger partial charge in [-0.05, 0) is 36.6 Å². The van der Waals surface area contributed by atoms with Crippen molar-refractivity contribution in [1.82, 2.24) is 16.0 Å². The Morgan fingerprint density at radius 3 is 2.71 bits per heavy atom. The molecule has 0 aliphatic rings. The maximum atomic E-state index is 12.0. The first-order valence-corrected chi connectivity index (χ1v) is 9.44. The predicted molar refractivity (Wildman–Crippen MR) is 104 cm³/mol. The van der Waals surface area contributed by atoms with Crippen molar-refractivity contribution in [1.29, 1.82) is 0 Å². The van der Waals surface area contributed by atoms with Gasteiger partial charge >= 0.3 is 0 Å². The van der Waals surface area contributed by atoms with E-state index in [9.17, 15) is 4.79 Å². The summed E-state index contributed by atoms with van der Waals surface area (Å²) in [6, 6.07) is 11.4. The Balaban J connectivity index is 1.76. The maximum Gasteiger partial charge on any atom is 0.251 e. The van der Waals surface area contributed by atoms with Gasteiger partial charge in [0.2, 0.25) is 0 Å². The van der Waals surface area contributed by atoms with Gasteiger partial charge in [-0.15, -0.1) is 11.3 Å². The van der Waals surface area contributed by atoms with E-state index in [2.05, 4.69) is 42.9 Å². The average Bonchev–Trinajstić information content (AvgIpc) is 3.09. The van der Waals surface area contributed by atoms with Crippen molar-refractivity contribution in [3.05, 3.63) is 56.7 Å². The molecule has 2 aromatic rings. The number of benzene rings is 1. The lowest BCUT2D eigenvalue weighted by molar-refractivity contribution is 0.0954. The number of nitrogens with zero attached hydrogens (tertiary/aromatic N) is 1. The molecule has 1 aromatic carbocycles. The summed E-state index contributed by atoms with van der Waals surface area (Å²) in [6.45, 7) is 4.60. The van der Waals surface area contributed by atoms with Crippen LogP contribution >= 0.6 is 27.3 Å². The molecule has 2 rings (SSSR count). The molecule has 0 atom stereocenters. The largest absolute Gasteiger partial charge is 0.357 e. The zero-order chi connectivity index (χ0) is 17.2. The molecule has 0 unspecified atom stereocenters. The van der Waals surface area contributed by atoms with E-state index in [1.807, 2.05) is 30.5 Å². The van der Waals surface area contributed by atoms with E-state index in [1.54, 1.807) is 23.5 Å². The van der Waals surface area contributed by atoms with E-state index in [4.69, 9.17) is 0 Å². The highest BCUT2D eigenvalue weighted by atomic mass is 79.9. The average molecular weight is 409 g/mol. The van der Waals surface area contributed by atoms with Crippen molar-refractivity contribution in [3.8, 4) is 0 Å². The number of carbonyl (C=O) groups excluding carboxylic acids is 1. The van der Waals surface area contributed by atoms with Gasteiger partial charge in [-0.25, -0.2) is 4.99 Å². The molecule has 0 aliphatic carbocycles.